The van der Waals surface area contributed by atoms with Crippen LogP contribution in [-0.2, 0) is 22.7 Å². The molecule has 0 spiro atoms. The molecule has 0 aliphatic carbocycles. The maximum Gasteiger partial charge on any atom is 0.260 e. The number of benzene rings is 2. The average molecular weight is 517 g/mol. The third-order valence-electron chi connectivity index (χ3n) is 6.68. The van der Waals surface area contributed by atoms with Crippen LogP contribution in [0.5, 0.6) is 11.5 Å². The molecule has 2 amide bonds. The highest BCUT2D eigenvalue weighted by Gasteiger charge is 2.22. The first-order chi connectivity index (χ1) is 18.5. The van der Waals surface area contributed by atoms with Crippen molar-refractivity contribution >= 4 is 17.5 Å². The molecule has 0 N–H and O–H groups in total. The van der Waals surface area contributed by atoms with Crippen molar-refractivity contribution in [3.63, 3.8) is 0 Å². The van der Waals surface area contributed by atoms with E-state index in [4.69, 9.17) is 9.47 Å². The van der Waals surface area contributed by atoms with Crippen LogP contribution in [0.4, 0.5) is 5.69 Å². The minimum Gasteiger partial charge on any atom is -0.493 e. The van der Waals surface area contributed by atoms with Crippen molar-refractivity contribution in [1.29, 1.82) is 0 Å². The molecule has 4 rings (SSSR count). The number of pyridine rings is 1. The van der Waals surface area contributed by atoms with Crippen LogP contribution in [0, 0.1) is 0 Å². The summed E-state index contributed by atoms with van der Waals surface area (Å²) in [6.07, 6.45) is 5.33. The molecule has 0 saturated carbocycles. The Morgan fingerprint density at radius 2 is 1.63 bits per heavy atom. The first-order valence-corrected chi connectivity index (χ1v) is 13.1. The first kappa shape index (κ1) is 27.1. The van der Waals surface area contributed by atoms with Gasteiger partial charge in [-0.3, -0.25) is 19.5 Å². The number of carbonyl (C=O) groups is 2. The van der Waals surface area contributed by atoms with Gasteiger partial charge >= 0.3 is 0 Å². The Bertz CT molecular complexity index is 1200. The standard InChI is InChI=1S/C30H36N4O4/c1-24(35)34-19-9-17-32(21-25-10-7-15-31-20-25)16-8-18-33(22-26-11-3-4-12-27(26)34)30(36)23-38-29-14-6-5-13-28(29)37-2/h3-7,10-15,20H,8-9,16-19,21-23H2,1-2H3. The van der Waals surface area contributed by atoms with E-state index in [0.29, 0.717) is 31.1 Å². The molecule has 0 saturated heterocycles. The van der Waals surface area contributed by atoms with E-state index >= 15 is 0 Å². The number of nitrogens with zero attached hydrogens (tertiary/aromatic N) is 4. The highest BCUT2D eigenvalue weighted by Crippen LogP contribution is 2.27. The summed E-state index contributed by atoms with van der Waals surface area (Å²) in [7, 11) is 1.58. The maximum absolute atomic E-state index is 13.4. The number of amides is 2. The summed E-state index contributed by atoms with van der Waals surface area (Å²) in [5.74, 6) is 0.993. The molecule has 3 aromatic rings. The van der Waals surface area contributed by atoms with E-state index in [1.165, 1.54) is 0 Å². The molecular formula is C30H36N4O4. The van der Waals surface area contributed by atoms with Gasteiger partial charge in [0.15, 0.2) is 18.1 Å². The summed E-state index contributed by atoms with van der Waals surface area (Å²) in [5, 5.41) is 0. The van der Waals surface area contributed by atoms with Gasteiger partial charge in [-0.15, -0.1) is 0 Å². The van der Waals surface area contributed by atoms with Crippen LogP contribution in [0.2, 0.25) is 0 Å². The quantitative estimate of drug-likeness (QED) is 0.490. The Balaban J connectivity index is 1.55. The maximum atomic E-state index is 13.4. The third-order valence-corrected chi connectivity index (χ3v) is 6.68. The van der Waals surface area contributed by atoms with Gasteiger partial charge < -0.3 is 19.3 Å². The number of ether oxygens (including phenoxy) is 2. The van der Waals surface area contributed by atoms with E-state index in [9.17, 15) is 9.59 Å². The topological polar surface area (TPSA) is 75.2 Å². The van der Waals surface area contributed by atoms with Gasteiger partial charge in [0.25, 0.3) is 5.91 Å². The molecule has 8 nitrogen and oxygen atoms in total. The molecule has 0 fully saturated rings. The zero-order chi connectivity index (χ0) is 26.7. The lowest BCUT2D eigenvalue weighted by Gasteiger charge is -2.31. The van der Waals surface area contributed by atoms with Gasteiger partial charge in [0.1, 0.15) is 0 Å². The van der Waals surface area contributed by atoms with E-state index in [0.717, 1.165) is 49.3 Å². The number of methoxy groups -OCH3 is 1. The summed E-state index contributed by atoms with van der Waals surface area (Å²) in [5.41, 5.74) is 2.94. The minimum absolute atomic E-state index is 0.00861. The van der Waals surface area contributed by atoms with Gasteiger partial charge in [-0.1, -0.05) is 36.4 Å². The molecule has 1 aromatic heterocycles. The fourth-order valence-electron chi connectivity index (χ4n) is 4.78. The van der Waals surface area contributed by atoms with Gasteiger partial charge in [0, 0.05) is 64.3 Å². The molecule has 38 heavy (non-hydrogen) atoms. The van der Waals surface area contributed by atoms with Crippen LogP contribution in [0.25, 0.3) is 0 Å². The van der Waals surface area contributed by atoms with Crippen molar-refractivity contribution in [3.8, 4) is 11.5 Å². The lowest BCUT2D eigenvalue weighted by Crippen LogP contribution is -2.39. The predicted octanol–water partition coefficient (Wildman–Crippen LogP) is 4.15. The Morgan fingerprint density at radius 3 is 2.37 bits per heavy atom. The fourth-order valence-corrected chi connectivity index (χ4v) is 4.78. The molecule has 0 unspecified atom stereocenters. The highest BCUT2D eigenvalue weighted by molar-refractivity contribution is 5.92. The summed E-state index contributed by atoms with van der Waals surface area (Å²) in [4.78, 5) is 36.4. The SMILES string of the molecule is COc1ccccc1OCC(=O)N1CCCN(Cc2cccnc2)CCCN(C(C)=O)c2ccccc2C1. The Labute approximate surface area is 224 Å². The number of hydrogen-bond acceptors (Lipinski definition) is 6. The van der Waals surface area contributed by atoms with E-state index in [2.05, 4.69) is 16.0 Å². The van der Waals surface area contributed by atoms with Gasteiger partial charge in [0.2, 0.25) is 5.91 Å². The molecular weight excluding hydrogens is 480 g/mol. The van der Waals surface area contributed by atoms with E-state index < -0.39 is 0 Å². The van der Waals surface area contributed by atoms with Crippen molar-refractivity contribution in [2.24, 2.45) is 0 Å². The van der Waals surface area contributed by atoms with E-state index in [-0.39, 0.29) is 18.4 Å². The third kappa shape index (κ3) is 7.32. The van der Waals surface area contributed by atoms with Crippen LogP contribution in [0.3, 0.4) is 0 Å². The number of rotatable bonds is 6. The Morgan fingerprint density at radius 1 is 0.895 bits per heavy atom. The zero-order valence-corrected chi connectivity index (χ0v) is 22.2. The van der Waals surface area contributed by atoms with Crippen molar-refractivity contribution in [1.82, 2.24) is 14.8 Å². The van der Waals surface area contributed by atoms with Gasteiger partial charge in [0.05, 0.1) is 7.11 Å². The molecule has 0 atom stereocenters. The van der Waals surface area contributed by atoms with Crippen LogP contribution >= 0.6 is 0 Å². The van der Waals surface area contributed by atoms with Crippen molar-refractivity contribution in [2.75, 3.05) is 44.8 Å². The number of anilines is 1. The number of aromatic nitrogens is 1. The first-order valence-electron chi connectivity index (χ1n) is 13.1. The largest absolute Gasteiger partial charge is 0.493 e. The average Bonchev–Trinajstić information content (AvgIpc) is 2.93. The normalized spacial score (nSPS) is 15.1. The second-order valence-corrected chi connectivity index (χ2v) is 9.40. The Hall–Kier alpha value is -3.91. The zero-order valence-electron chi connectivity index (χ0n) is 22.2. The minimum atomic E-state index is -0.115. The molecule has 1 aliphatic rings. The molecule has 2 heterocycles. The molecule has 0 radical (unpaired) electrons. The van der Waals surface area contributed by atoms with Gasteiger partial charge in [-0.05, 0) is 48.2 Å². The van der Waals surface area contributed by atoms with Crippen LogP contribution in [0.15, 0.2) is 73.1 Å². The predicted molar refractivity (Wildman–Crippen MR) is 147 cm³/mol. The molecule has 8 heteroatoms. The summed E-state index contributed by atoms with van der Waals surface area (Å²) >= 11 is 0. The van der Waals surface area contributed by atoms with Crippen molar-refractivity contribution < 1.29 is 19.1 Å². The van der Waals surface area contributed by atoms with Crippen molar-refractivity contribution in [3.05, 3.63) is 84.2 Å². The second kappa shape index (κ2) is 13.6. The van der Waals surface area contributed by atoms with Crippen LogP contribution in [0.1, 0.15) is 30.9 Å². The van der Waals surface area contributed by atoms with Gasteiger partial charge in [-0.2, -0.15) is 0 Å². The lowest BCUT2D eigenvalue weighted by molar-refractivity contribution is -0.134. The molecule has 0 bridgehead atoms. The molecule has 1 aliphatic heterocycles. The number of fused-ring (bicyclic) bond motifs is 1. The highest BCUT2D eigenvalue weighted by atomic mass is 16.5. The van der Waals surface area contributed by atoms with Crippen LogP contribution in [-0.4, -0.2) is 66.5 Å². The van der Waals surface area contributed by atoms with Crippen molar-refractivity contribution in [2.45, 2.75) is 32.9 Å². The second-order valence-electron chi connectivity index (χ2n) is 9.40. The van der Waals surface area contributed by atoms with E-state index in [1.807, 2.05) is 58.5 Å². The fraction of sp³-hybridized carbons (Fsp3) is 0.367. The summed E-state index contributed by atoms with van der Waals surface area (Å²) < 4.78 is 11.2. The smallest absolute Gasteiger partial charge is 0.260 e. The number of carbonyl (C=O) groups excluding carboxylic acids is 2. The van der Waals surface area contributed by atoms with Gasteiger partial charge in [-0.25, -0.2) is 0 Å². The molecule has 200 valence electrons. The summed E-state index contributed by atoms with van der Waals surface area (Å²) in [6.45, 7) is 5.52. The summed E-state index contributed by atoms with van der Waals surface area (Å²) in [6, 6.07) is 19.2. The van der Waals surface area contributed by atoms with Crippen LogP contribution < -0.4 is 14.4 Å². The lowest BCUT2D eigenvalue weighted by atomic mass is 10.1. The number of hydrogen-bond donors (Lipinski definition) is 0. The molecule has 2 aromatic carbocycles. The monoisotopic (exact) mass is 516 g/mol. The Kier molecular flexibility index (Phi) is 9.70. The van der Waals surface area contributed by atoms with E-state index in [1.54, 1.807) is 32.4 Å². The number of para-hydroxylation sites is 3.